The van der Waals surface area contributed by atoms with Crippen LogP contribution in [0.15, 0.2) is 54.7 Å². The Morgan fingerprint density at radius 3 is 2.36 bits per heavy atom. The number of fused-ring (bicyclic) bond motifs is 1. The number of H-pyrrole nitrogens is 1. The van der Waals surface area contributed by atoms with Gasteiger partial charge in [0.15, 0.2) is 0 Å². The summed E-state index contributed by atoms with van der Waals surface area (Å²) in [6.07, 6.45) is 2.51. The number of aromatic amines is 1. The lowest BCUT2D eigenvalue weighted by Crippen LogP contribution is -2.28. The zero-order valence-corrected chi connectivity index (χ0v) is 17.7. The second-order valence-corrected chi connectivity index (χ2v) is 9.12. The highest BCUT2D eigenvalue weighted by Gasteiger charge is 2.22. The zero-order chi connectivity index (χ0) is 20.3. The van der Waals surface area contributed by atoms with E-state index in [1.807, 2.05) is 6.07 Å². The molecule has 1 atom stereocenters. The van der Waals surface area contributed by atoms with Crippen LogP contribution in [0.25, 0.3) is 10.9 Å². The first-order valence-corrected chi connectivity index (χ1v) is 10.2. The van der Waals surface area contributed by atoms with Crippen molar-refractivity contribution in [3.05, 3.63) is 71.4 Å². The van der Waals surface area contributed by atoms with Gasteiger partial charge in [-0.1, -0.05) is 77.1 Å². The number of rotatable bonds is 6. The highest BCUT2D eigenvalue weighted by Crippen LogP contribution is 2.34. The van der Waals surface area contributed by atoms with E-state index in [2.05, 4.69) is 93.6 Å². The predicted octanol–water partition coefficient (Wildman–Crippen LogP) is 5.76. The molecule has 3 heteroatoms. The van der Waals surface area contributed by atoms with Crippen molar-refractivity contribution in [3.63, 3.8) is 0 Å². The highest BCUT2D eigenvalue weighted by molar-refractivity contribution is 5.86. The summed E-state index contributed by atoms with van der Waals surface area (Å²) in [7, 11) is 0. The minimum atomic E-state index is 0.0253. The molecule has 0 radical (unpaired) electrons. The third kappa shape index (κ3) is 4.64. The molecule has 0 aliphatic carbocycles. The fourth-order valence-electron chi connectivity index (χ4n) is 3.58. The molecule has 2 N–H and O–H groups in total. The Hall–Kier alpha value is -2.55. The first-order valence-electron chi connectivity index (χ1n) is 10.2. The van der Waals surface area contributed by atoms with Crippen molar-refractivity contribution in [2.45, 2.75) is 52.4 Å². The fraction of sp³-hybridized carbons (Fsp3) is 0.400. The molecule has 3 rings (SSSR count). The maximum Gasteiger partial charge on any atom is 0.220 e. The Labute approximate surface area is 168 Å². The van der Waals surface area contributed by atoms with Gasteiger partial charge < -0.3 is 10.3 Å². The summed E-state index contributed by atoms with van der Waals surface area (Å²) in [4.78, 5) is 16.0. The summed E-state index contributed by atoms with van der Waals surface area (Å²) in [5.74, 6) is 0.572. The summed E-state index contributed by atoms with van der Waals surface area (Å²) in [6.45, 7) is 11.6. The number of benzene rings is 2. The van der Waals surface area contributed by atoms with Crippen LogP contribution >= 0.6 is 0 Å². The average Bonchev–Trinajstić information content (AvgIpc) is 3.08. The number of nitrogens with one attached hydrogen (secondary N) is 2. The Bertz CT molecular complexity index is 929. The largest absolute Gasteiger partial charge is 0.361 e. The number of carbonyl (C=O) groups excluding carboxylic acids is 1. The van der Waals surface area contributed by atoms with E-state index in [9.17, 15) is 4.79 Å². The van der Waals surface area contributed by atoms with Crippen molar-refractivity contribution in [1.29, 1.82) is 0 Å². The number of aromatic nitrogens is 1. The summed E-state index contributed by atoms with van der Waals surface area (Å²) in [5, 5.41) is 4.26. The molecule has 0 spiro atoms. The van der Waals surface area contributed by atoms with Crippen LogP contribution in [-0.2, 0) is 10.2 Å². The van der Waals surface area contributed by atoms with Gasteiger partial charge in [0.25, 0.3) is 0 Å². The van der Waals surface area contributed by atoms with Gasteiger partial charge in [-0.15, -0.1) is 0 Å². The number of amides is 1. The number of hydrogen-bond donors (Lipinski definition) is 2. The van der Waals surface area contributed by atoms with Gasteiger partial charge in [0, 0.05) is 36.0 Å². The van der Waals surface area contributed by atoms with Crippen molar-refractivity contribution in [3.8, 4) is 0 Å². The van der Waals surface area contributed by atoms with Crippen molar-refractivity contribution in [1.82, 2.24) is 10.3 Å². The van der Waals surface area contributed by atoms with Crippen LogP contribution in [0.1, 0.15) is 63.6 Å². The molecule has 1 heterocycles. The van der Waals surface area contributed by atoms with E-state index in [1.54, 1.807) is 0 Å². The summed E-state index contributed by atoms with van der Waals surface area (Å²) >= 11 is 0. The lowest BCUT2D eigenvalue weighted by Gasteiger charge is -2.22. The second kappa shape index (κ2) is 8.22. The summed E-state index contributed by atoms with van der Waals surface area (Å²) < 4.78 is 0. The number of para-hydroxylation sites is 1. The van der Waals surface area contributed by atoms with Gasteiger partial charge in [-0.2, -0.15) is 0 Å². The predicted molar refractivity (Wildman–Crippen MR) is 118 cm³/mol. The Balaban J connectivity index is 1.96. The summed E-state index contributed by atoms with van der Waals surface area (Å²) in [5.41, 5.74) is 4.88. The fourth-order valence-corrected chi connectivity index (χ4v) is 3.58. The van der Waals surface area contributed by atoms with Crippen LogP contribution < -0.4 is 5.32 Å². The van der Waals surface area contributed by atoms with Gasteiger partial charge >= 0.3 is 0 Å². The maximum atomic E-state index is 12.7. The van der Waals surface area contributed by atoms with Crippen LogP contribution in [0, 0.1) is 5.92 Å². The average molecular weight is 377 g/mol. The lowest BCUT2D eigenvalue weighted by molar-refractivity contribution is -0.121. The highest BCUT2D eigenvalue weighted by atomic mass is 16.1. The maximum absolute atomic E-state index is 12.7. The molecule has 3 nitrogen and oxygen atoms in total. The van der Waals surface area contributed by atoms with Crippen LogP contribution in [0.5, 0.6) is 0 Å². The van der Waals surface area contributed by atoms with E-state index in [0.717, 1.165) is 5.52 Å². The van der Waals surface area contributed by atoms with Crippen molar-refractivity contribution in [2.24, 2.45) is 5.92 Å². The molecule has 3 aromatic rings. The van der Waals surface area contributed by atoms with Crippen molar-refractivity contribution in [2.75, 3.05) is 6.54 Å². The van der Waals surface area contributed by atoms with Crippen LogP contribution in [0.4, 0.5) is 0 Å². The van der Waals surface area contributed by atoms with E-state index in [-0.39, 0.29) is 17.2 Å². The molecule has 0 aliphatic rings. The molecule has 0 aliphatic heterocycles. The van der Waals surface area contributed by atoms with E-state index < -0.39 is 0 Å². The third-order valence-corrected chi connectivity index (χ3v) is 5.27. The number of hydrogen-bond acceptors (Lipinski definition) is 1. The van der Waals surface area contributed by atoms with Crippen LogP contribution in [0.3, 0.4) is 0 Å². The Morgan fingerprint density at radius 1 is 1.04 bits per heavy atom. The van der Waals surface area contributed by atoms with Crippen molar-refractivity contribution < 1.29 is 4.79 Å². The second-order valence-electron chi connectivity index (χ2n) is 9.12. The van der Waals surface area contributed by atoms with E-state index in [1.165, 1.54) is 22.1 Å². The minimum absolute atomic E-state index is 0.0253. The standard InChI is InChI=1S/C25H32N2O/c1-17(2)15-27-24(28)14-21(18-10-12-19(13-11-18)25(3,4)5)22-16-26-23-9-7-6-8-20(22)23/h6-13,16-17,21,26H,14-15H2,1-5H3,(H,27,28)/t21-/m1/s1. The zero-order valence-electron chi connectivity index (χ0n) is 17.7. The molecule has 0 fully saturated rings. The monoisotopic (exact) mass is 376 g/mol. The topological polar surface area (TPSA) is 44.9 Å². The molecule has 28 heavy (non-hydrogen) atoms. The molecular formula is C25H32N2O. The molecule has 148 valence electrons. The molecule has 0 saturated heterocycles. The summed E-state index contributed by atoms with van der Waals surface area (Å²) in [6, 6.07) is 17.1. The molecule has 2 aromatic carbocycles. The van der Waals surface area contributed by atoms with E-state index in [0.29, 0.717) is 18.9 Å². The molecule has 0 unspecified atom stereocenters. The smallest absolute Gasteiger partial charge is 0.220 e. The SMILES string of the molecule is CC(C)CNC(=O)C[C@H](c1ccc(C(C)(C)C)cc1)c1c[nH]c2ccccc12. The van der Waals surface area contributed by atoms with Gasteiger partial charge in [0.1, 0.15) is 0 Å². The molecule has 0 bridgehead atoms. The van der Waals surface area contributed by atoms with Gasteiger partial charge in [-0.25, -0.2) is 0 Å². The van der Waals surface area contributed by atoms with Gasteiger partial charge in [-0.3, -0.25) is 4.79 Å². The molecular weight excluding hydrogens is 344 g/mol. The quantitative estimate of drug-likeness (QED) is 0.564. The van der Waals surface area contributed by atoms with E-state index in [4.69, 9.17) is 0 Å². The third-order valence-electron chi connectivity index (χ3n) is 5.27. The normalized spacial score (nSPS) is 13.1. The van der Waals surface area contributed by atoms with Gasteiger partial charge in [-0.05, 0) is 34.1 Å². The first kappa shape index (κ1) is 20.2. The van der Waals surface area contributed by atoms with Gasteiger partial charge in [0.05, 0.1) is 0 Å². The van der Waals surface area contributed by atoms with Crippen LogP contribution in [0.2, 0.25) is 0 Å². The number of carbonyl (C=O) groups is 1. The minimum Gasteiger partial charge on any atom is -0.361 e. The Kier molecular flexibility index (Phi) is 5.93. The Morgan fingerprint density at radius 2 is 1.71 bits per heavy atom. The first-order chi connectivity index (χ1) is 13.3. The van der Waals surface area contributed by atoms with E-state index >= 15 is 0 Å². The van der Waals surface area contributed by atoms with Crippen LogP contribution in [-0.4, -0.2) is 17.4 Å². The van der Waals surface area contributed by atoms with Gasteiger partial charge in [0.2, 0.25) is 5.91 Å². The van der Waals surface area contributed by atoms with Crippen molar-refractivity contribution >= 4 is 16.8 Å². The molecule has 1 amide bonds. The molecule has 1 aromatic heterocycles. The lowest BCUT2D eigenvalue weighted by atomic mass is 9.83. The molecule has 0 saturated carbocycles.